The Morgan fingerprint density at radius 3 is 2.43 bits per heavy atom. The molecule has 1 aromatic carbocycles. The van der Waals surface area contributed by atoms with Crippen LogP contribution in [0.5, 0.6) is 5.75 Å². The van der Waals surface area contributed by atoms with Crippen LogP contribution in [0.1, 0.15) is 24.6 Å². The van der Waals surface area contributed by atoms with Crippen molar-refractivity contribution in [2.75, 3.05) is 19.5 Å². The lowest BCUT2D eigenvalue weighted by atomic mass is 10.2. The van der Waals surface area contributed by atoms with E-state index in [1.54, 1.807) is 11.3 Å². The van der Waals surface area contributed by atoms with Crippen molar-refractivity contribution in [2.45, 2.75) is 26.2 Å². The van der Waals surface area contributed by atoms with Gasteiger partial charge in [-0.3, -0.25) is 4.18 Å². The number of thiazole rings is 1. The number of benzene rings is 1. The minimum Gasteiger partial charge on any atom is -0.494 e. The molecule has 1 aromatic heterocycles. The molecule has 0 atom stereocenters. The van der Waals surface area contributed by atoms with E-state index in [0.29, 0.717) is 13.0 Å². The third-order valence-corrected chi connectivity index (χ3v) is 4.89. The van der Waals surface area contributed by atoms with Gasteiger partial charge in [0.1, 0.15) is 10.8 Å². The fourth-order valence-corrected chi connectivity index (χ4v) is 3.18. The van der Waals surface area contributed by atoms with Gasteiger partial charge in [0.25, 0.3) is 10.1 Å². The molecule has 23 heavy (non-hydrogen) atoms. The smallest absolute Gasteiger partial charge is 0.264 e. The van der Waals surface area contributed by atoms with Gasteiger partial charge < -0.3 is 4.74 Å². The zero-order chi connectivity index (χ0) is 16.7. The highest BCUT2D eigenvalue weighted by Gasteiger charge is 2.04. The van der Waals surface area contributed by atoms with Gasteiger partial charge in [-0.05, 0) is 43.5 Å². The van der Waals surface area contributed by atoms with Crippen LogP contribution in [0.15, 0.2) is 30.5 Å². The van der Waals surface area contributed by atoms with Crippen molar-refractivity contribution in [1.82, 2.24) is 4.98 Å². The highest BCUT2D eigenvalue weighted by molar-refractivity contribution is 7.85. The molecule has 0 aliphatic carbocycles. The Balaban J connectivity index is 1.75. The fraction of sp³-hybridized carbons (Fsp3) is 0.438. The SMILES string of the molecule is CCc1cnc(-c2ccc(OCCCCOS(C)(=O)=O)cc2)s1. The molecular formula is C16H21NO4S2. The normalized spacial score (nSPS) is 11.6. The first kappa shape index (κ1) is 17.9. The van der Waals surface area contributed by atoms with E-state index in [4.69, 9.17) is 4.74 Å². The summed E-state index contributed by atoms with van der Waals surface area (Å²) >= 11 is 1.71. The Bertz CT molecular complexity index is 708. The number of hydrogen-bond acceptors (Lipinski definition) is 6. The maximum absolute atomic E-state index is 10.8. The lowest BCUT2D eigenvalue weighted by Gasteiger charge is -2.06. The topological polar surface area (TPSA) is 65.5 Å². The molecule has 0 aliphatic heterocycles. The van der Waals surface area contributed by atoms with Gasteiger partial charge in [0.2, 0.25) is 0 Å². The van der Waals surface area contributed by atoms with E-state index in [2.05, 4.69) is 16.1 Å². The van der Waals surface area contributed by atoms with Crippen molar-refractivity contribution in [3.8, 4) is 16.3 Å². The Morgan fingerprint density at radius 2 is 1.83 bits per heavy atom. The highest BCUT2D eigenvalue weighted by atomic mass is 32.2. The summed E-state index contributed by atoms with van der Waals surface area (Å²) in [6.45, 7) is 2.85. The lowest BCUT2D eigenvalue weighted by molar-refractivity contribution is 0.270. The van der Waals surface area contributed by atoms with Gasteiger partial charge in [-0.15, -0.1) is 11.3 Å². The Labute approximate surface area is 141 Å². The Morgan fingerprint density at radius 1 is 1.13 bits per heavy atom. The largest absolute Gasteiger partial charge is 0.494 e. The maximum Gasteiger partial charge on any atom is 0.264 e. The predicted octanol–water partition coefficient (Wildman–Crippen LogP) is 3.51. The standard InChI is InChI=1S/C16H21NO4S2/c1-3-15-12-17-16(22-15)13-6-8-14(9-7-13)20-10-4-5-11-21-23(2,18)19/h6-9,12H,3-5,10-11H2,1-2H3. The number of ether oxygens (including phenoxy) is 1. The summed E-state index contributed by atoms with van der Waals surface area (Å²) in [5.74, 6) is 0.796. The number of unbranched alkanes of at least 4 members (excludes halogenated alkanes) is 1. The fourth-order valence-electron chi connectivity index (χ4n) is 1.90. The molecule has 0 spiro atoms. The molecule has 5 nitrogen and oxygen atoms in total. The average Bonchev–Trinajstić information content (AvgIpc) is 2.99. The van der Waals surface area contributed by atoms with Crippen LogP contribution in [-0.4, -0.2) is 32.9 Å². The van der Waals surface area contributed by atoms with Gasteiger partial charge in [-0.1, -0.05) is 6.92 Å². The zero-order valence-electron chi connectivity index (χ0n) is 13.3. The summed E-state index contributed by atoms with van der Waals surface area (Å²) < 4.78 is 31.9. The van der Waals surface area contributed by atoms with Gasteiger partial charge in [-0.2, -0.15) is 8.42 Å². The number of rotatable bonds is 9. The molecule has 2 aromatic rings. The molecule has 126 valence electrons. The summed E-state index contributed by atoms with van der Waals surface area (Å²) in [4.78, 5) is 5.69. The van der Waals surface area contributed by atoms with Crippen LogP contribution in [0.3, 0.4) is 0 Å². The van der Waals surface area contributed by atoms with Crippen molar-refractivity contribution in [2.24, 2.45) is 0 Å². The van der Waals surface area contributed by atoms with E-state index in [9.17, 15) is 8.42 Å². The molecular weight excluding hydrogens is 334 g/mol. The number of nitrogens with zero attached hydrogens (tertiary/aromatic N) is 1. The number of aryl methyl sites for hydroxylation is 1. The van der Waals surface area contributed by atoms with Crippen LogP contribution in [0.2, 0.25) is 0 Å². The van der Waals surface area contributed by atoms with Gasteiger partial charge in [0.15, 0.2) is 0 Å². The molecule has 1 heterocycles. The van der Waals surface area contributed by atoms with Crippen LogP contribution >= 0.6 is 11.3 Å². The first-order valence-corrected chi connectivity index (χ1v) is 10.1. The minimum atomic E-state index is -3.34. The van der Waals surface area contributed by atoms with Crippen molar-refractivity contribution < 1.29 is 17.3 Å². The van der Waals surface area contributed by atoms with Gasteiger partial charge in [0, 0.05) is 16.6 Å². The first-order valence-electron chi connectivity index (χ1n) is 7.50. The Kier molecular flexibility index (Phi) is 6.56. The van der Waals surface area contributed by atoms with E-state index in [0.717, 1.165) is 35.4 Å². The van der Waals surface area contributed by atoms with Crippen LogP contribution in [0.4, 0.5) is 0 Å². The molecule has 0 N–H and O–H groups in total. The third-order valence-electron chi connectivity index (χ3n) is 3.11. The van der Waals surface area contributed by atoms with Crippen LogP contribution in [-0.2, 0) is 20.7 Å². The molecule has 0 fully saturated rings. The molecule has 0 aliphatic rings. The summed E-state index contributed by atoms with van der Waals surface area (Å²) in [6.07, 6.45) is 5.36. The molecule has 0 radical (unpaired) electrons. The predicted molar refractivity (Wildman–Crippen MR) is 92.5 cm³/mol. The van der Waals surface area contributed by atoms with Crippen molar-refractivity contribution >= 4 is 21.5 Å². The van der Waals surface area contributed by atoms with E-state index in [-0.39, 0.29) is 6.61 Å². The second-order valence-corrected chi connectivity index (χ2v) is 7.85. The molecule has 7 heteroatoms. The second kappa shape index (κ2) is 8.42. The quantitative estimate of drug-likeness (QED) is 0.509. The molecule has 2 rings (SSSR count). The van der Waals surface area contributed by atoms with E-state index >= 15 is 0 Å². The Hall–Kier alpha value is -1.44. The molecule has 0 saturated carbocycles. The zero-order valence-corrected chi connectivity index (χ0v) is 15.0. The first-order chi connectivity index (χ1) is 11.0. The summed E-state index contributed by atoms with van der Waals surface area (Å²) in [7, 11) is -3.34. The van der Waals surface area contributed by atoms with Crippen LogP contribution in [0.25, 0.3) is 10.6 Å². The molecule has 0 unspecified atom stereocenters. The minimum absolute atomic E-state index is 0.199. The second-order valence-electron chi connectivity index (χ2n) is 5.09. The lowest BCUT2D eigenvalue weighted by Crippen LogP contribution is -2.05. The highest BCUT2D eigenvalue weighted by Crippen LogP contribution is 2.27. The van der Waals surface area contributed by atoms with Gasteiger partial charge in [0.05, 0.1) is 19.5 Å². The van der Waals surface area contributed by atoms with Crippen molar-refractivity contribution in [3.05, 3.63) is 35.3 Å². The number of aromatic nitrogens is 1. The molecule has 0 bridgehead atoms. The maximum atomic E-state index is 10.8. The van der Waals surface area contributed by atoms with E-state index in [1.165, 1.54) is 4.88 Å². The summed E-state index contributed by atoms with van der Waals surface area (Å²) in [5, 5.41) is 1.02. The van der Waals surface area contributed by atoms with Crippen molar-refractivity contribution in [1.29, 1.82) is 0 Å². The molecule has 0 saturated heterocycles. The summed E-state index contributed by atoms with van der Waals surface area (Å²) in [6, 6.07) is 7.85. The van der Waals surface area contributed by atoms with Crippen molar-refractivity contribution in [3.63, 3.8) is 0 Å². The van der Waals surface area contributed by atoms with Crippen LogP contribution < -0.4 is 4.74 Å². The third kappa shape index (κ3) is 6.29. The summed E-state index contributed by atoms with van der Waals surface area (Å²) in [5.41, 5.74) is 1.09. The monoisotopic (exact) mass is 355 g/mol. The molecule has 0 amide bonds. The van der Waals surface area contributed by atoms with Crippen LogP contribution in [0, 0.1) is 0 Å². The van der Waals surface area contributed by atoms with E-state index in [1.807, 2.05) is 30.5 Å². The van der Waals surface area contributed by atoms with E-state index < -0.39 is 10.1 Å². The van der Waals surface area contributed by atoms with Gasteiger partial charge in [-0.25, -0.2) is 4.98 Å². The average molecular weight is 355 g/mol. The van der Waals surface area contributed by atoms with Gasteiger partial charge >= 0.3 is 0 Å². The number of hydrogen-bond donors (Lipinski definition) is 0.